The van der Waals surface area contributed by atoms with Crippen LogP contribution in [0.3, 0.4) is 0 Å². The number of benzene rings is 2. The van der Waals surface area contributed by atoms with E-state index in [0.29, 0.717) is 26.7 Å². The van der Waals surface area contributed by atoms with Gasteiger partial charge in [0.1, 0.15) is 6.10 Å². The summed E-state index contributed by atoms with van der Waals surface area (Å²) in [5, 5.41) is 21.9. The van der Waals surface area contributed by atoms with Gasteiger partial charge in [-0.3, -0.25) is 9.59 Å². The molecule has 0 bridgehead atoms. The lowest BCUT2D eigenvalue weighted by Gasteiger charge is -2.17. The maximum atomic E-state index is 12.7. The van der Waals surface area contributed by atoms with Crippen molar-refractivity contribution in [2.75, 3.05) is 25.0 Å². The smallest absolute Gasteiger partial charge is 0.323 e. The Morgan fingerprint density at radius 1 is 1.28 bits per heavy atom. The fourth-order valence-electron chi connectivity index (χ4n) is 3.75. The SMILES string of the molecule is NS(=O)(=O)c1cccc(C(=O)N2CCC(OC(=O)CCNc3n[n+](=O)c4cc(Br)ccc4n3O)C2)c1. The molecule has 3 aromatic rings. The fourth-order valence-corrected chi connectivity index (χ4v) is 4.66. The molecule has 2 heterocycles. The second-order valence-corrected chi connectivity index (χ2v) is 10.5. The van der Waals surface area contributed by atoms with Crippen molar-refractivity contribution < 1.29 is 32.5 Å². The largest absolute Gasteiger partial charge is 0.460 e. The molecule has 0 spiro atoms. The molecular weight excluding hydrogens is 560 g/mol. The minimum atomic E-state index is -3.94. The Morgan fingerprint density at radius 2 is 2.06 bits per heavy atom. The molecule has 36 heavy (non-hydrogen) atoms. The Morgan fingerprint density at radius 3 is 2.81 bits per heavy atom. The summed E-state index contributed by atoms with van der Waals surface area (Å²) in [4.78, 5) is 38.5. The summed E-state index contributed by atoms with van der Waals surface area (Å²) in [6.45, 7) is 0.524. The molecule has 1 saturated heterocycles. The summed E-state index contributed by atoms with van der Waals surface area (Å²) < 4.78 is 30.2. The molecule has 15 heteroatoms. The van der Waals surface area contributed by atoms with Gasteiger partial charge in [0.15, 0.2) is 10.1 Å². The zero-order valence-electron chi connectivity index (χ0n) is 18.7. The lowest BCUT2D eigenvalue weighted by atomic mass is 10.2. The van der Waals surface area contributed by atoms with Gasteiger partial charge in [-0.1, -0.05) is 22.0 Å². The Hall–Kier alpha value is -3.56. The molecule has 190 valence electrons. The molecule has 0 aliphatic carbocycles. The highest BCUT2D eigenvalue weighted by Gasteiger charge is 2.30. The van der Waals surface area contributed by atoms with Crippen LogP contribution in [-0.4, -0.2) is 66.0 Å². The number of amides is 1. The van der Waals surface area contributed by atoms with E-state index in [2.05, 4.69) is 26.3 Å². The number of halogens is 1. The lowest BCUT2D eigenvalue weighted by molar-refractivity contribution is -0.535. The lowest BCUT2D eigenvalue weighted by Crippen LogP contribution is -2.31. The number of nitrogens with two attached hydrogens (primary N) is 1. The van der Waals surface area contributed by atoms with E-state index in [4.69, 9.17) is 9.88 Å². The second-order valence-electron chi connectivity index (χ2n) is 8.04. The Bertz CT molecular complexity index is 1510. The number of ether oxygens (including phenoxy) is 1. The number of hydrogen-bond acceptors (Lipinski definition) is 9. The van der Waals surface area contributed by atoms with Crippen LogP contribution < -0.4 is 15.0 Å². The first-order chi connectivity index (χ1) is 17.0. The summed E-state index contributed by atoms with van der Waals surface area (Å²) in [7, 11) is -3.94. The van der Waals surface area contributed by atoms with E-state index in [9.17, 15) is 28.1 Å². The fraction of sp³-hybridized carbons (Fsp3) is 0.286. The van der Waals surface area contributed by atoms with Gasteiger partial charge in [-0.05, 0) is 30.3 Å². The summed E-state index contributed by atoms with van der Waals surface area (Å²) in [6, 6.07) is 10.1. The normalized spacial score (nSPS) is 15.7. The van der Waals surface area contributed by atoms with Crippen molar-refractivity contribution in [1.29, 1.82) is 0 Å². The number of aromatic nitrogens is 3. The number of fused-ring (bicyclic) bond motifs is 1. The molecule has 1 unspecified atom stereocenters. The first kappa shape index (κ1) is 25.5. The van der Waals surface area contributed by atoms with Crippen LogP contribution in [0.15, 0.2) is 51.8 Å². The van der Waals surface area contributed by atoms with Crippen molar-refractivity contribution in [3.05, 3.63) is 57.4 Å². The van der Waals surface area contributed by atoms with Gasteiger partial charge in [-0.2, -0.15) is 0 Å². The van der Waals surface area contributed by atoms with Gasteiger partial charge in [0, 0.05) is 35.6 Å². The molecule has 4 rings (SSSR count). The van der Waals surface area contributed by atoms with Gasteiger partial charge in [0.25, 0.3) is 5.91 Å². The van der Waals surface area contributed by atoms with Crippen LogP contribution in [0.5, 0.6) is 0 Å². The summed E-state index contributed by atoms with van der Waals surface area (Å²) in [5.74, 6) is -1.08. The third-order valence-corrected chi connectivity index (χ3v) is 6.91. The highest BCUT2D eigenvalue weighted by atomic mass is 79.9. The van der Waals surface area contributed by atoms with Crippen LogP contribution in [0.1, 0.15) is 23.2 Å². The van der Waals surface area contributed by atoms with Crippen molar-refractivity contribution in [2.24, 2.45) is 5.14 Å². The number of primary sulfonamides is 1. The highest BCUT2D eigenvalue weighted by Crippen LogP contribution is 2.19. The first-order valence-corrected chi connectivity index (χ1v) is 13.1. The molecule has 0 saturated carbocycles. The zero-order valence-corrected chi connectivity index (χ0v) is 21.1. The number of nitrogens with zero attached hydrogens (tertiary/aromatic N) is 4. The van der Waals surface area contributed by atoms with Crippen LogP contribution in [0.4, 0.5) is 5.95 Å². The number of rotatable bonds is 7. The summed E-state index contributed by atoms with van der Waals surface area (Å²) >= 11 is 3.25. The minimum absolute atomic E-state index is 0.0319. The van der Waals surface area contributed by atoms with Crippen molar-refractivity contribution >= 4 is 54.8 Å². The topological polar surface area (TPSA) is 180 Å². The standard InChI is InChI=1S/C21H22BrN6O7S/c22-14-4-5-17-18(11-14)28(32)25-21(27(17)31)24-8-6-19(29)35-15-7-9-26(12-15)20(30)13-2-1-3-16(10-13)36(23,33)34/h1-5,10-11,15,31H,6-9,12H2,(H2,23,33,34)(H,24,25,32)/q+1. The number of hydrogen-bond donors (Lipinski definition) is 3. The number of sulfonamides is 1. The van der Waals surface area contributed by atoms with Gasteiger partial charge in [0.2, 0.25) is 10.0 Å². The molecule has 13 nitrogen and oxygen atoms in total. The first-order valence-electron chi connectivity index (χ1n) is 10.7. The van der Waals surface area contributed by atoms with Crippen LogP contribution >= 0.6 is 15.9 Å². The number of nitrogens with one attached hydrogen (secondary N) is 1. The second kappa shape index (κ2) is 10.2. The molecule has 0 radical (unpaired) electrons. The van der Waals surface area contributed by atoms with Crippen molar-refractivity contribution in [3.63, 3.8) is 0 Å². The van der Waals surface area contributed by atoms with Gasteiger partial charge in [0.05, 0.1) is 27.9 Å². The van der Waals surface area contributed by atoms with Crippen LogP contribution in [-0.2, 0) is 19.6 Å². The van der Waals surface area contributed by atoms with E-state index in [1.165, 1.54) is 41.3 Å². The van der Waals surface area contributed by atoms with E-state index in [-0.39, 0.29) is 47.0 Å². The Labute approximate surface area is 213 Å². The zero-order chi connectivity index (χ0) is 26.0. The van der Waals surface area contributed by atoms with Crippen LogP contribution in [0, 0.1) is 4.91 Å². The average molecular weight is 582 g/mol. The molecule has 1 amide bonds. The van der Waals surface area contributed by atoms with Gasteiger partial charge >= 0.3 is 17.4 Å². The number of likely N-dealkylation sites (tertiary alicyclic amines) is 1. The van der Waals surface area contributed by atoms with Crippen LogP contribution in [0.2, 0.25) is 0 Å². The van der Waals surface area contributed by atoms with E-state index in [1.54, 1.807) is 6.07 Å². The van der Waals surface area contributed by atoms with E-state index in [1.807, 2.05) is 0 Å². The molecule has 1 aliphatic heterocycles. The van der Waals surface area contributed by atoms with Crippen molar-refractivity contribution in [3.8, 4) is 0 Å². The number of carbonyl (C=O) groups is 2. The third-order valence-electron chi connectivity index (χ3n) is 5.51. The van der Waals surface area contributed by atoms with E-state index >= 15 is 0 Å². The number of anilines is 1. The molecule has 1 aromatic heterocycles. The summed E-state index contributed by atoms with van der Waals surface area (Å²) in [5.41, 5.74) is 0.535. The monoisotopic (exact) mass is 581 g/mol. The average Bonchev–Trinajstić information content (AvgIpc) is 3.29. The molecule has 1 fully saturated rings. The Balaban J connectivity index is 1.30. The van der Waals surface area contributed by atoms with E-state index < -0.39 is 28.0 Å². The minimum Gasteiger partial charge on any atom is -0.460 e. The van der Waals surface area contributed by atoms with Gasteiger partial charge in [-0.15, -0.1) is 4.73 Å². The maximum Gasteiger partial charge on any atom is 0.323 e. The predicted molar refractivity (Wildman–Crippen MR) is 129 cm³/mol. The van der Waals surface area contributed by atoms with Gasteiger partial charge < -0.3 is 20.2 Å². The number of esters is 1. The quantitative estimate of drug-likeness (QED) is 0.207. The van der Waals surface area contributed by atoms with Crippen molar-refractivity contribution in [1.82, 2.24) is 14.7 Å². The Kier molecular flexibility index (Phi) is 7.23. The molecular formula is C21H22BrN6O7S+. The molecule has 1 aliphatic rings. The van der Waals surface area contributed by atoms with Gasteiger partial charge in [-0.25, -0.2) is 13.6 Å². The van der Waals surface area contributed by atoms with Crippen molar-refractivity contribution in [2.45, 2.75) is 23.8 Å². The number of carbonyl (C=O) groups excluding carboxylic acids is 2. The predicted octanol–water partition coefficient (Wildman–Crippen LogP) is 0.858. The molecule has 4 N–H and O–H groups in total. The van der Waals surface area contributed by atoms with Crippen LogP contribution in [0.25, 0.3) is 11.0 Å². The van der Waals surface area contributed by atoms with E-state index in [0.717, 1.165) is 0 Å². The maximum absolute atomic E-state index is 12.7. The highest BCUT2D eigenvalue weighted by molar-refractivity contribution is 9.10. The molecule has 1 atom stereocenters. The summed E-state index contributed by atoms with van der Waals surface area (Å²) in [6.07, 6.45) is -0.180. The third kappa shape index (κ3) is 5.63. The molecule has 2 aromatic carbocycles.